The number of anilines is 1. The molecule has 0 aliphatic heterocycles. The van der Waals surface area contributed by atoms with Crippen molar-refractivity contribution in [1.82, 2.24) is 4.90 Å². The van der Waals surface area contributed by atoms with Crippen LogP contribution >= 0.6 is 0 Å². The molecule has 0 fully saturated rings. The molecule has 0 spiro atoms. The van der Waals surface area contributed by atoms with E-state index in [1.165, 1.54) is 24.3 Å². The highest BCUT2D eigenvalue weighted by molar-refractivity contribution is 6.05. The first-order valence-electron chi connectivity index (χ1n) is 8.15. The molecule has 0 saturated carbocycles. The lowest BCUT2D eigenvalue weighted by Crippen LogP contribution is -2.27. The van der Waals surface area contributed by atoms with Gasteiger partial charge < -0.3 is 10.2 Å². The molecule has 0 aromatic heterocycles. The van der Waals surface area contributed by atoms with Crippen LogP contribution in [0.2, 0.25) is 0 Å². The van der Waals surface area contributed by atoms with E-state index in [2.05, 4.69) is 5.32 Å². The predicted molar refractivity (Wildman–Crippen MR) is 92.6 cm³/mol. The number of rotatable bonds is 6. The third kappa shape index (κ3) is 4.41. The Morgan fingerprint density at radius 1 is 0.962 bits per heavy atom. The molecule has 0 radical (unpaired) electrons. The van der Waals surface area contributed by atoms with Crippen molar-refractivity contribution in [3.8, 4) is 0 Å². The number of nitrogens with zero attached hydrogens (tertiary/aromatic N) is 1. The minimum atomic E-state index is -1.65. The van der Waals surface area contributed by atoms with Crippen molar-refractivity contribution in [3.05, 3.63) is 65.0 Å². The van der Waals surface area contributed by atoms with Crippen LogP contribution in [-0.4, -0.2) is 30.3 Å². The van der Waals surface area contributed by atoms with E-state index in [1.54, 1.807) is 11.9 Å². The van der Waals surface area contributed by atoms with Gasteiger partial charge in [0.05, 0.1) is 5.69 Å². The molecular formula is C19H19F3N2O2. The van der Waals surface area contributed by atoms with Gasteiger partial charge in [-0.05, 0) is 42.8 Å². The van der Waals surface area contributed by atoms with Crippen LogP contribution in [0.15, 0.2) is 36.4 Å². The molecule has 0 unspecified atom stereocenters. The third-order valence-electron chi connectivity index (χ3n) is 3.87. The molecule has 2 amide bonds. The maximum Gasteiger partial charge on any atom is 0.255 e. The Hall–Kier alpha value is -2.83. The summed E-state index contributed by atoms with van der Waals surface area (Å²) in [6, 6.07) is 7.46. The van der Waals surface area contributed by atoms with Crippen LogP contribution in [0.5, 0.6) is 0 Å². The summed E-state index contributed by atoms with van der Waals surface area (Å²) < 4.78 is 39.7. The minimum absolute atomic E-state index is 0.155. The smallest absolute Gasteiger partial charge is 0.255 e. The van der Waals surface area contributed by atoms with Gasteiger partial charge in [-0.15, -0.1) is 0 Å². The number of halogens is 3. The second kappa shape index (κ2) is 8.51. The number of amides is 2. The fourth-order valence-corrected chi connectivity index (χ4v) is 2.30. The van der Waals surface area contributed by atoms with Gasteiger partial charge in [-0.1, -0.05) is 13.3 Å². The second-order valence-corrected chi connectivity index (χ2v) is 5.83. The second-order valence-electron chi connectivity index (χ2n) is 5.83. The molecule has 2 aromatic rings. The van der Waals surface area contributed by atoms with Gasteiger partial charge in [-0.25, -0.2) is 13.2 Å². The quantitative estimate of drug-likeness (QED) is 0.780. The Morgan fingerprint density at radius 3 is 2.19 bits per heavy atom. The first-order valence-corrected chi connectivity index (χ1v) is 8.15. The molecule has 138 valence electrons. The van der Waals surface area contributed by atoms with Crippen molar-refractivity contribution in [1.29, 1.82) is 0 Å². The van der Waals surface area contributed by atoms with Crippen molar-refractivity contribution >= 4 is 17.5 Å². The van der Waals surface area contributed by atoms with Crippen LogP contribution < -0.4 is 5.32 Å². The van der Waals surface area contributed by atoms with Crippen LogP contribution in [0, 0.1) is 17.5 Å². The first kappa shape index (κ1) is 19.5. The lowest BCUT2D eigenvalue weighted by Gasteiger charge is -2.16. The summed E-state index contributed by atoms with van der Waals surface area (Å²) in [6.07, 6.45) is 1.86. The van der Waals surface area contributed by atoms with Gasteiger partial charge >= 0.3 is 0 Å². The van der Waals surface area contributed by atoms with E-state index >= 15 is 0 Å². The van der Waals surface area contributed by atoms with Gasteiger partial charge in [-0.2, -0.15) is 0 Å². The zero-order valence-electron chi connectivity index (χ0n) is 14.5. The molecule has 0 aliphatic carbocycles. The molecule has 2 rings (SSSR count). The van der Waals surface area contributed by atoms with E-state index < -0.39 is 29.0 Å². The maximum absolute atomic E-state index is 13.6. The Labute approximate surface area is 149 Å². The van der Waals surface area contributed by atoms with Crippen LogP contribution in [0.1, 0.15) is 40.5 Å². The SMILES string of the molecule is CCCCN(C)C(=O)c1ccc(C(=O)Nc2ccc(F)c(F)c2F)cc1. The summed E-state index contributed by atoms with van der Waals surface area (Å²) in [5.41, 5.74) is 0.106. The van der Waals surface area contributed by atoms with Crippen molar-refractivity contribution in [3.63, 3.8) is 0 Å². The van der Waals surface area contributed by atoms with E-state index in [9.17, 15) is 22.8 Å². The normalized spacial score (nSPS) is 10.5. The van der Waals surface area contributed by atoms with Crippen molar-refractivity contribution in [2.75, 3.05) is 18.9 Å². The summed E-state index contributed by atoms with van der Waals surface area (Å²) in [5, 5.41) is 2.18. The summed E-state index contributed by atoms with van der Waals surface area (Å²) in [4.78, 5) is 26.0. The average Bonchev–Trinajstić information content (AvgIpc) is 2.66. The molecule has 4 nitrogen and oxygen atoms in total. The van der Waals surface area contributed by atoms with E-state index in [4.69, 9.17) is 0 Å². The Balaban J connectivity index is 2.09. The summed E-state index contributed by atoms with van der Waals surface area (Å²) in [6.45, 7) is 2.66. The van der Waals surface area contributed by atoms with Crippen LogP contribution in [0.4, 0.5) is 18.9 Å². The van der Waals surface area contributed by atoms with Crippen molar-refractivity contribution < 1.29 is 22.8 Å². The summed E-state index contributed by atoms with van der Waals surface area (Å²) in [5.74, 6) is -5.33. The van der Waals surface area contributed by atoms with Crippen LogP contribution in [0.25, 0.3) is 0 Å². The Morgan fingerprint density at radius 2 is 1.58 bits per heavy atom. The minimum Gasteiger partial charge on any atom is -0.342 e. The zero-order chi connectivity index (χ0) is 19.3. The van der Waals surface area contributed by atoms with Crippen molar-refractivity contribution in [2.24, 2.45) is 0 Å². The number of nitrogens with one attached hydrogen (secondary N) is 1. The third-order valence-corrected chi connectivity index (χ3v) is 3.87. The van der Waals surface area contributed by atoms with Gasteiger partial charge in [0.25, 0.3) is 11.8 Å². The maximum atomic E-state index is 13.6. The van der Waals surface area contributed by atoms with Gasteiger partial charge in [0, 0.05) is 24.7 Å². The number of carbonyl (C=O) groups excluding carboxylic acids is 2. The number of unbranched alkanes of at least 4 members (excludes halogenated alkanes) is 1. The lowest BCUT2D eigenvalue weighted by atomic mass is 10.1. The number of benzene rings is 2. The first-order chi connectivity index (χ1) is 12.3. The number of carbonyl (C=O) groups is 2. The highest BCUT2D eigenvalue weighted by Crippen LogP contribution is 2.20. The summed E-state index contributed by atoms with van der Waals surface area (Å²) >= 11 is 0. The molecule has 0 saturated heterocycles. The molecule has 0 bridgehead atoms. The van der Waals surface area contributed by atoms with Gasteiger partial charge in [-0.3, -0.25) is 9.59 Å². The average molecular weight is 364 g/mol. The highest BCUT2D eigenvalue weighted by atomic mass is 19.2. The standard InChI is InChI=1S/C19H19F3N2O2/c1-3-4-11-24(2)19(26)13-7-5-12(6-8-13)18(25)23-15-10-9-14(20)16(21)17(15)22/h5-10H,3-4,11H2,1-2H3,(H,23,25). The molecule has 26 heavy (non-hydrogen) atoms. The molecule has 7 heteroatoms. The molecule has 0 aliphatic rings. The van der Waals surface area contributed by atoms with Crippen LogP contribution in [0.3, 0.4) is 0 Å². The topological polar surface area (TPSA) is 49.4 Å². The molecular weight excluding hydrogens is 345 g/mol. The van der Waals surface area contributed by atoms with Gasteiger partial charge in [0.15, 0.2) is 17.5 Å². The highest BCUT2D eigenvalue weighted by Gasteiger charge is 2.17. The van der Waals surface area contributed by atoms with E-state index in [-0.39, 0.29) is 11.5 Å². The molecule has 0 atom stereocenters. The summed E-state index contributed by atoms with van der Waals surface area (Å²) in [7, 11) is 1.70. The fraction of sp³-hybridized carbons (Fsp3) is 0.263. The van der Waals surface area contributed by atoms with Crippen molar-refractivity contribution in [2.45, 2.75) is 19.8 Å². The fourth-order valence-electron chi connectivity index (χ4n) is 2.30. The number of hydrogen-bond acceptors (Lipinski definition) is 2. The molecule has 2 aromatic carbocycles. The van der Waals surface area contributed by atoms with Gasteiger partial charge in [0.2, 0.25) is 0 Å². The predicted octanol–water partition coefficient (Wildman–Crippen LogP) is 4.23. The largest absolute Gasteiger partial charge is 0.342 e. The van der Waals surface area contributed by atoms with Crippen LogP contribution in [-0.2, 0) is 0 Å². The Bertz CT molecular complexity index is 807. The van der Waals surface area contributed by atoms with E-state index in [1.807, 2.05) is 6.92 Å². The molecule has 1 N–H and O–H groups in total. The monoisotopic (exact) mass is 364 g/mol. The lowest BCUT2D eigenvalue weighted by molar-refractivity contribution is 0.0792. The van der Waals surface area contributed by atoms with Gasteiger partial charge in [0.1, 0.15) is 0 Å². The molecule has 0 heterocycles. The zero-order valence-corrected chi connectivity index (χ0v) is 14.5. The Kier molecular flexibility index (Phi) is 6.38. The van der Waals surface area contributed by atoms with E-state index in [0.29, 0.717) is 12.1 Å². The number of hydrogen-bond donors (Lipinski definition) is 1. The van der Waals surface area contributed by atoms with E-state index in [0.717, 1.165) is 25.0 Å².